The van der Waals surface area contributed by atoms with Crippen molar-refractivity contribution in [3.05, 3.63) is 35.4 Å². The predicted octanol–water partition coefficient (Wildman–Crippen LogP) is 1.61. The van der Waals surface area contributed by atoms with E-state index in [1.165, 1.54) is 0 Å². The Labute approximate surface area is 108 Å². The number of nitrogens with one attached hydrogen (secondary N) is 1. The van der Waals surface area contributed by atoms with Crippen LogP contribution in [0.5, 0.6) is 0 Å². The van der Waals surface area contributed by atoms with Crippen LogP contribution in [0.1, 0.15) is 30.5 Å². The molecule has 0 amide bonds. The molecule has 0 saturated heterocycles. The van der Waals surface area contributed by atoms with Gasteiger partial charge in [-0.3, -0.25) is 0 Å². The highest BCUT2D eigenvalue weighted by atomic mass is 16.5. The zero-order chi connectivity index (χ0) is 13.4. The predicted molar refractivity (Wildman–Crippen MR) is 70.1 cm³/mol. The lowest BCUT2D eigenvalue weighted by Crippen LogP contribution is -2.25. The molecule has 0 aliphatic heterocycles. The molecule has 4 nitrogen and oxygen atoms in total. The van der Waals surface area contributed by atoms with Crippen molar-refractivity contribution in [2.24, 2.45) is 0 Å². The third kappa shape index (κ3) is 4.84. The molecule has 0 aliphatic rings. The molecule has 1 rings (SSSR count). The number of aliphatic hydroxyl groups excluding tert-OH is 1. The summed E-state index contributed by atoms with van der Waals surface area (Å²) < 4.78 is 4.86. The first-order valence-corrected chi connectivity index (χ1v) is 6.07. The van der Waals surface area contributed by atoms with Crippen LogP contribution >= 0.6 is 0 Å². The number of hydrogen-bond donors (Lipinski definition) is 2. The van der Waals surface area contributed by atoms with Gasteiger partial charge in [0.05, 0.1) is 24.3 Å². The van der Waals surface area contributed by atoms with Crippen molar-refractivity contribution in [1.82, 2.24) is 5.32 Å². The van der Waals surface area contributed by atoms with Crippen LogP contribution < -0.4 is 5.32 Å². The molecular weight excluding hydrogens is 228 g/mol. The average Bonchev–Trinajstić information content (AvgIpc) is 2.39. The minimum Gasteiger partial charge on any atom is -0.391 e. The quantitative estimate of drug-likeness (QED) is 0.769. The maximum atomic E-state index is 9.50. The van der Waals surface area contributed by atoms with E-state index >= 15 is 0 Å². The lowest BCUT2D eigenvalue weighted by Gasteiger charge is -2.16. The molecule has 0 heterocycles. The van der Waals surface area contributed by atoms with E-state index in [9.17, 15) is 5.11 Å². The molecule has 0 fully saturated rings. The van der Waals surface area contributed by atoms with E-state index in [0.29, 0.717) is 18.6 Å². The fraction of sp³-hybridized carbons (Fsp3) is 0.500. The largest absolute Gasteiger partial charge is 0.391 e. The van der Waals surface area contributed by atoms with Crippen molar-refractivity contribution in [2.45, 2.75) is 25.5 Å². The molecule has 0 spiro atoms. The maximum absolute atomic E-state index is 9.50. The van der Waals surface area contributed by atoms with Gasteiger partial charge in [0.25, 0.3) is 0 Å². The second-order valence-corrected chi connectivity index (χ2v) is 4.31. The van der Waals surface area contributed by atoms with Crippen molar-refractivity contribution < 1.29 is 9.84 Å². The summed E-state index contributed by atoms with van der Waals surface area (Å²) in [5.41, 5.74) is 1.80. The van der Waals surface area contributed by atoms with E-state index in [4.69, 9.17) is 10.00 Å². The summed E-state index contributed by atoms with van der Waals surface area (Å²) in [6.07, 6.45) is 0.240. The number of nitrogens with zero attached hydrogens (tertiary/aromatic N) is 1. The molecule has 98 valence electrons. The molecule has 1 aromatic rings. The first-order valence-electron chi connectivity index (χ1n) is 6.07. The summed E-state index contributed by atoms with van der Waals surface area (Å²) >= 11 is 0. The summed E-state index contributed by atoms with van der Waals surface area (Å²) in [7, 11) is 1.58. The number of ether oxygens (including phenoxy) is 1. The normalized spacial score (nSPS) is 13.9. The number of nitriles is 1. The Morgan fingerprint density at radius 1 is 1.39 bits per heavy atom. The topological polar surface area (TPSA) is 65.3 Å². The summed E-state index contributed by atoms with van der Waals surface area (Å²) in [4.78, 5) is 0. The van der Waals surface area contributed by atoms with E-state index in [-0.39, 0.29) is 6.04 Å². The average molecular weight is 248 g/mol. The first-order chi connectivity index (χ1) is 8.67. The number of aliphatic hydroxyl groups is 1. The van der Waals surface area contributed by atoms with Gasteiger partial charge >= 0.3 is 0 Å². The van der Waals surface area contributed by atoms with Gasteiger partial charge in [0, 0.05) is 13.2 Å². The maximum Gasteiger partial charge on any atom is 0.0991 e. The fourth-order valence-electron chi connectivity index (χ4n) is 1.71. The van der Waals surface area contributed by atoms with Crippen LogP contribution in [0.4, 0.5) is 0 Å². The molecule has 4 heteroatoms. The monoisotopic (exact) mass is 248 g/mol. The Bertz CT molecular complexity index is 384. The highest BCUT2D eigenvalue weighted by Gasteiger charge is 2.07. The number of methoxy groups -OCH3 is 1. The molecule has 2 atom stereocenters. The van der Waals surface area contributed by atoms with Gasteiger partial charge in [0.1, 0.15) is 0 Å². The molecule has 0 bridgehead atoms. The van der Waals surface area contributed by atoms with Gasteiger partial charge in [-0.25, -0.2) is 0 Å². The van der Waals surface area contributed by atoms with Crippen LogP contribution in [-0.4, -0.2) is 31.5 Å². The highest BCUT2D eigenvalue weighted by Crippen LogP contribution is 2.13. The molecule has 0 aromatic heterocycles. The highest BCUT2D eigenvalue weighted by molar-refractivity contribution is 5.32. The fourth-order valence-corrected chi connectivity index (χ4v) is 1.71. The van der Waals surface area contributed by atoms with Gasteiger partial charge in [0.15, 0.2) is 0 Å². The van der Waals surface area contributed by atoms with Crippen LogP contribution in [0.3, 0.4) is 0 Å². The van der Waals surface area contributed by atoms with Gasteiger partial charge in [-0.1, -0.05) is 12.1 Å². The van der Waals surface area contributed by atoms with Gasteiger partial charge in [-0.05, 0) is 37.6 Å². The minimum absolute atomic E-state index is 0.201. The molecule has 2 unspecified atom stereocenters. The van der Waals surface area contributed by atoms with E-state index in [1.807, 2.05) is 24.3 Å². The van der Waals surface area contributed by atoms with Gasteiger partial charge in [-0.15, -0.1) is 0 Å². The number of rotatable bonds is 7. The smallest absolute Gasteiger partial charge is 0.0991 e. The van der Waals surface area contributed by atoms with Crippen molar-refractivity contribution in [3.8, 4) is 6.07 Å². The van der Waals surface area contributed by atoms with Crippen molar-refractivity contribution in [1.29, 1.82) is 5.26 Å². The van der Waals surface area contributed by atoms with E-state index in [0.717, 1.165) is 12.1 Å². The van der Waals surface area contributed by atoms with E-state index < -0.39 is 6.10 Å². The molecule has 0 radical (unpaired) electrons. The molecule has 0 saturated carbocycles. The Morgan fingerprint density at radius 2 is 2.06 bits per heavy atom. The summed E-state index contributed by atoms with van der Waals surface area (Å²) in [6.45, 7) is 3.16. The van der Waals surface area contributed by atoms with Crippen LogP contribution in [-0.2, 0) is 4.74 Å². The third-order valence-corrected chi connectivity index (χ3v) is 2.83. The number of benzene rings is 1. The van der Waals surface area contributed by atoms with Gasteiger partial charge in [0.2, 0.25) is 0 Å². The zero-order valence-corrected chi connectivity index (χ0v) is 10.9. The summed E-state index contributed by atoms with van der Waals surface area (Å²) in [5.74, 6) is 0. The lowest BCUT2D eigenvalue weighted by atomic mass is 10.1. The summed E-state index contributed by atoms with van der Waals surface area (Å²) in [5, 5.41) is 21.5. The SMILES string of the molecule is COCC(O)CCNC(C)c1ccc(C#N)cc1. The van der Waals surface area contributed by atoms with E-state index in [2.05, 4.69) is 18.3 Å². The van der Waals surface area contributed by atoms with E-state index in [1.54, 1.807) is 7.11 Å². The Hall–Kier alpha value is -1.41. The number of hydrogen-bond acceptors (Lipinski definition) is 4. The lowest BCUT2D eigenvalue weighted by molar-refractivity contribution is 0.0590. The summed E-state index contributed by atoms with van der Waals surface area (Å²) in [6, 6.07) is 9.82. The van der Waals surface area contributed by atoms with Gasteiger partial charge in [-0.2, -0.15) is 5.26 Å². The Kier molecular flexibility index (Phi) is 6.37. The zero-order valence-electron chi connectivity index (χ0n) is 10.9. The first kappa shape index (κ1) is 14.7. The van der Waals surface area contributed by atoms with Gasteiger partial charge < -0.3 is 15.2 Å². The Balaban J connectivity index is 2.36. The van der Waals surface area contributed by atoms with Crippen LogP contribution in [0.25, 0.3) is 0 Å². The van der Waals surface area contributed by atoms with Crippen molar-refractivity contribution in [3.63, 3.8) is 0 Å². The van der Waals surface area contributed by atoms with Crippen LogP contribution in [0.2, 0.25) is 0 Å². The van der Waals surface area contributed by atoms with Crippen LogP contribution in [0.15, 0.2) is 24.3 Å². The molecular formula is C14H20N2O2. The molecule has 1 aromatic carbocycles. The molecule has 18 heavy (non-hydrogen) atoms. The van der Waals surface area contributed by atoms with Crippen LogP contribution in [0, 0.1) is 11.3 Å². The molecule has 2 N–H and O–H groups in total. The molecule has 0 aliphatic carbocycles. The second kappa shape index (κ2) is 7.83. The van der Waals surface area contributed by atoms with Crippen molar-refractivity contribution in [2.75, 3.05) is 20.3 Å². The Morgan fingerprint density at radius 3 is 2.61 bits per heavy atom. The standard InChI is InChI=1S/C14H20N2O2/c1-11(16-8-7-14(17)10-18-2)13-5-3-12(9-15)4-6-13/h3-6,11,14,16-17H,7-8,10H2,1-2H3. The minimum atomic E-state index is -0.421. The second-order valence-electron chi connectivity index (χ2n) is 4.31. The third-order valence-electron chi connectivity index (χ3n) is 2.83. The van der Waals surface area contributed by atoms with Crippen molar-refractivity contribution >= 4 is 0 Å².